The summed E-state index contributed by atoms with van der Waals surface area (Å²) in [5.74, 6) is 1.29. The molecule has 4 nitrogen and oxygen atoms in total. The fourth-order valence-corrected chi connectivity index (χ4v) is 2.14. The first-order valence-corrected chi connectivity index (χ1v) is 5.91. The largest absolute Gasteiger partial charge is 0.454 e. The third kappa shape index (κ3) is 1.57. The van der Waals surface area contributed by atoms with Gasteiger partial charge in [0.2, 0.25) is 5.88 Å². The van der Waals surface area contributed by atoms with Gasteiger partial charge in [0.05, 0.1) is 5.56 Å². The summed E-state index contributed by atoms with van der Waals surface area (Å²) in [6, 6.07) is 9.80. The van der Waals surface area contributed by atoms with Gasteiger partial charge in [0.15, 0.2) is 11.5 Å². The van der Waals surface area contributed by atoms with Gasteiger partial charge in [-0.3, -0.25) is 0 Å². The predicted octanol–water partition coefficient (Wildman–Crippen LogP) is 3.79. The molecule has 3 aromatic rings. The zero-order valence-electron chi connectivity index (χ0n) is 10.3. The maximum Gasteiger partial charge on any atom is 0.226 e. The monoisotopic (exact) mass is 242 g/mol. The van der Waals surface area contributed by atoms with Gasteiger partial charge < -0.3 is 14.7 Å². The van der Waals surface area contributed by atoms with Crippen LogP contribution in [-0.2, 0) is 0 Å². The number of nitrogens with zero attached hydrogens (tertiary/aromatic N) is 1. The number of hydrogen-bond acceptors (Lipinski definition) is 4. The third-order valence-electron chi connectivity index (χ3n) is 2.99. The summed E-state index contributed by atoms with van der Waals surface area (Å²) in [7, 11) is 0. The minimum atomic E-state index is 0.236. The van der Waals surface area contributed by atoms with Crippen LogP contribution in [0, 0.1) is 0 Å². The molecule has 92 valence electrons. The van der Waals surface area contributed by atoms with E-state index in [1.807, 2.05) is 30.3 Å². The normalized spacial score (nSPS) is 11.5. The Bertz CT molecular complexity index is 662. The molecule has 0 spiro atoms. The Kier molecular flexibility index (Phi) is 2.37. The summed E-state index contributed by atoms with van der Waals surface area (Å²) in [5, 5.41) is 5.05. The summed E-state index contributed by atoms with van der Waals surface area (Å²) in [5.41, 5.74) is 8.23. The lowest BCUT2D eigenvalue weighted by Crippen LogP contribution is -1.93. The van der Waals surface area contributed by atoms with Crippen molar-refractivity contribution < 1.29 is 8.94 Å². The van der Waals surface area contributed by atoms with E-state index in [1.165, 1.54) is 0 Å². The van der Waals surface area contributed by atoms with Crippen LogP contribution in [0.5, 0.6) is 0 Å². The van der Waals surface area contributed by atoms with Gasteiger partial charge in [-0.25, -0.2) is 0 Å². The molecule has 4 heteroatoms. The van der Waals surface area contributed by atoms with E-state index in [1.54, 1.807) is 0 Å². The van der Waals surface area contributed by atoms with Gasteiger partial charge in [-0.1, -0.05) is 37.2 Å². The Morgan fingerprint density at radius 2 is 2.00 bits per heavy atom. The van der Waals surface area contributed by atoms with Crippen molar-refractivity contribution >= 4 is 16.9 Å². The number of para-hydroxylation sites is 1. The number of fused-ring (bicyclic) bond motifs is 1. The van der Waals surface area contributed by atoms with E-state index >= 15 is 0 Å². The van der Waals surface area contributed by atoms with Crippen molar-refractivity contribution in [1.29, 1.82) is 0 Å². The molecule has 0 saturated carbocycles. The van der Waals surface area contributed by atoms with Gasteiger partial charge in [-0.05, 0) is 18.1 Å². The van der Waals surface area contributed by atoms with Crippen molar-refractivity contribution in [1.82, 2.24) is 5.16 Å². The lowest BCUT2D eigenvalue weighted by atomic mass is 10.0. The number of nitrogens with two attached hydrogens (primary N) is 1. The highest BCUT2D eigenvalue weighted by molar-refractivity contribution is 5.83. The van der Waals surface area contributed by atoms with Crippen LogP contribution in [0.3, 0.4) is 0 Å². The third-order valence-corrected chi connectivity index (χ3v) is 2.99. The highest BCUT2D eigenvalue weighted by Crippen LogP contribution is 2.35. The number of furan rings is 1. The lowest BCUT2D eigenvalue weighted by Gasteiger charge is -2.02. The van der Waals surface area contributed by atoms with Crippen LogP contribution in [0.15, 0.2) is 39.3 Å². The molecule has 0 fully saturated rings. The summed E-state index contributed by atoms with van der Waals surface area (Å²) in [6.07, 6.45) is 0. The molecular formula is C14H14N2O2. The van der Waals surface area contributed by atoms with Crippen molar-refractivity contribution in [3.05, 3.63) is 35.9 Å². The SMILES string of the molecule is CC(C)c1c(-c2cc3ccccc3o2)noc1N. The second-order valence-electron chi connectivity index (χ2n) is 4.61. The van der Waals surface area contributed by atoms with Crippen LogP contribution in [0.25, 0.3) is 22.4 Å². The maximum atomic E-state index is 5.80. The topological polar surface area (TPSA) is 65.2 Å². The maximum absolute atomic E-state index is 5.80. The Balaban J connectivity index is 2.20. The molecule has 0 aliphatic heterocycles. The quantitative estimate of drug-likeness (QED) is 0.742. The van der Waals surface area contributed by atoms with Crippen LogP contribution < -0.4 is 5.73 Å². The zero-order chi connectivity index (χ0) is 12.7. The second-order valence-corrected chi connectivity index (χ2v) is 4.61. The molecule has 0 aliphatic carbocycles. The smallest absolute Gasteiger partial charge is 0.226 e. The van der Waals surface area contributed by atoms with E-state index < -0.39 is 0 Å². The lowest BCUT2D eigenvalue weighted by molar-refractivity contribution is 0.435. The Morgan fingerprint density at radius 1 is 1.22 bits per heavy atom. The molecule has 2 aromatic heterocycles. The van der Waals surface area contributed by atoms with Crippen molar-refractivity contribution in [2.24, 2.45) is 0 Å². The van der Waals surface area contributed by atoms with E-state index in [9.17, 15) is 0 Å². The Hall–Kier alpha value is -2.23. The first-order chi connectivity index (χ1) is 8.66. The number of nitrogen functional groups attached to an aromatic ring is 1. The summed E-state index contributed by atoms with van der Waals surface area (Å²) in [4.78, 5) is 0. The standard InChI is InChI=1S/C14H14N2O2/c1-8(2)12-13(16-18-14(12)15)11-7-9-5-3-4-6-10(9)17-11/h3-8H,15H2,1-2H3. The van der Waals surface area contributed by atoms with Crippen molar-refractivity contribution in [3.8, 4) is 11.5 Å². The second kappa shape index (κ2) is 3.91. The van der Waals surface area contributed by atoms with Crippen molar-refractivity contribution in [3.63, 3.8) is 0 Å². The van der Waals surface area contributed by atoms with E-state index in [0.29, 0.717) is 17.3 Å². The number of benzene rings is 1. The summed E-state index contributed by atoms with van der Waals surface area (Å²) in [6.45, 7) is 4.10. The molecule has 2 heterocycles. The van der Waals surface area contributed by atoms with Crippen LogP contribution >= 0.6 is 0 Å². The van der Waals surface area contributed by atoms with Gasteiger partial charge in [-0.2, -0.15) is 0 Å². The average Bonchev–Trinajstić information content (AvgIpc) is 2.91. The van der Waals surface area contributed by atoms with Gasteiger partial charge >= 0.3 is 0 Å². The van der Waals surface area contributed by atoms with Crippen molar-refractivity contribution in [2.75, 3.05) is 5.73 Å². The fourth-order valence-electron chi connectivity index (χ4n) is 2.14. The fraction of sp³-hybridized carbons (Fsp3) is 0.214. The zero-order valence-corrected chi connectivity index (χ0v) is 10.3. The van der Waals surface area contributed by atoms with E-state index in [4.69, 9.17) is 14.7 Å². The molecule has 0 amide bonds. The molecule has 3 rings (SSSR count). The van der Waals surface area contributed by atoms with Gasteiger partial charge in [0.25, 0.3) is 0 Å². The molecule has 0 aliphatic rings. The molecule has 0 unspecified atom stereocenters. The van der Waals surface area contributed by atoms with Crippen LogP contribution in [0.2, 0.25) is 0 Å². The van der Waals surface area contributed by atoms with E-state index in [0.717, 1.165) is 16.5 Å². The minimum absolute atomic E-state index is 0.236. The molecule has 0 radical (unpaired) electrons. The number of anilines is 1. The molecule has 1 aromatic carbocycles. The van der Waals surface area contributed by atoms with Crippen LogP contribution in [0.1, 0.15) is 25.3 Å². The van der Waals surface area contributed by atoms with Crippen LogP contribution in [-0.4, -0.2) is 5.16 Å². The molecule has 0 bridgehead atoms. The molecule has 0 saturated heterocycles. The molecule has 18 heavy (non-hydrogen) atoms. The highest BCUT2D eigenvalue weighted by atomic mass is 16.5. The van der Waals surface area contributed by atoms with Gasteiger partial charge in [0.1, 0.15) is 5.58 Å². The van der Waals surface area contributed by atoms with Gasteiger partial charge in [0, 0.05) is 5.39 Å². The first-order valence-electron chi connectivity index (χ1n) is 5.91. The van der Waals surface area contributed by atoms with E-state index in [2.05, 4.69) is 19.0 Å². The van der Waals surface area contributed by atoms with Crippen molar-refractivity contribution in [2.45, 2.75) is 19.8 Å². The molecular weight excluding hydrogens is 228 g/mol. The highest BCUT2D eigenvalue weighted by Gasteiger charge is 2.21. The summed E-state index contributed by atoms with van der Waals surface area (Å²) >= 11 is 0. The Labute approximate surface area is 104 Å². The first kappa shape index (κ1) is 10.9. The Morgan fingerprint density at radius 3 is 2.72 bits per heavy atom. The molecule has 2 N–H and O–H groups in total. The summed E-state index contributed by atoms with van der Waals surface area (Å²) < 4.78 is 10.9. The number of aromatic nitrogens is 1. The predicted molar refractivity (Wildman–Crippen MR) is 70.2 cm³/mol. The number of hydrogen-bond donors (Lipinski definition) is 1. The van der Waals surface area contributed by atoms with E-state index in [-0.39, 0.29) is 5.92 Å². The minimum Gasteiger partial charge on any atom is -0.454 e. The van der Waals surface area contributed by atoms with Crippen LogP contribution in [0.4, 0.5) is 5.88 Å². The van der Waals surface area contributed by atoms with Gasteiger partial charge in [-0.15, -0.1) is 0 Å². The number of rotatable bonds is 2. The molecule has 0 atom stereocenters. The average molecular weight is 242 g/mol.